The van der Waals surface area contributed by atoms with Crippen molar-refractivity contribution >= 4 is 34.6 Å². The molecule has 126 valence electrons. The minimum absolute atomic E-state index is 0.0358. The third-order valence-electron chi connectivity index (χ3n) is 3.39. The van der Waals surface area contributed by atoms with E-state index in [-0.39, 0.29) is 17.9 Å². The van der Waals surface area contributed by atoms with E-state index < -0.39 is 24.1 Å². The van der Waals surface area contributed by atoms with Gasteiger partial charge in [-0.2, -0.15) is 13.2 Å². The molecule has 2 N–H and O–H groups in total. The van der Waals surface area contributed by atoms with Crippen molar-refractivity contribution in [3.63, 3.8) is 0 Å². The first-order valence-electron chi connectivity index (χ1n) is 6.61. The summed E-state index contributed by atoms with van der Waals surface area (Å²) in [6.45, 7) is 0. The van der Waals surface area contributed by atoms with Gasteiger partial charge in [0, 0.05) is 12.5 Å². The van der Waals surface area contributed by atoms with Gasteiger partial charge in [0.05, 0.1) is 22.9 Å². The van der Waals surface area contributed by atoms with Gasteiger partial charge >= 0.3 is 18.1 Å². The van der Waals surface area contributed by atoms with Gasteiger partial charge in [0.15, 0.2) is 0 Å². The molecule has 0 aliphatic heterocycles. The number of hydrogen-bond donors (Lipinski definition) is 2. The van der Waals surface area contributed by atoms with Gasteiger partial charge in [-0.05, 0) is 17.0 Å². The molecular formula is C14H9F3N2O4S. The lowest BCUT2D eigenvalue weighted by atomic mass is 10.2. The molecular weight excluding hydrogens is 349 g/mol. The average Bonchev–Trinajstić information content (AvgIpc) is 3.17. The molecule has 1 amide bonds. The fraction of sp³-hybridized carbons (Fsp3) is 0.214. The second-order valence-corrected chi connectivity index (χ2v) is 5.85. The molecule has 1 aliphatic rings. The van der Waals surface area contributed by atoms with E-state index in [9.17, 15) is 22.8 Å². The summed E-state index contributed by atoms with van der Waals surface area (Å²) in [5.74, 6) is -3.69. The molecule has 0 spiro atoms. The molecule has 0 saturated carbocycles. The highest BCUT2D eigenvalue weighted by molar-refractivity contribution is 7.12. The number of furan rings is 1. The quantitative estimate of drug-likeness (QED) is 0.881. The number of carboxylic acid groups (broad SMARTS) is 1. The Labute approximate surface area is 136 Å². The van der Waals surface area contributed by atoms with Gasteiger partial charge in [-0.15, -0.1) is 11.3 Å². The maximum Gasteiger partial charge on any atom is 0.471 e. The molecule has 10 heteroatoms. The Bertz CT molecular complexity index is 837. The van der Waals surface area contributed by atoms with Crippen LogP contribution in [-0.2, 0) is 4.79 Å². The van der Waals surface area contributed by atoms with E-state index in [0.29, 0.717) is 16.2 Å². The summed E-state index contributed by atoms with van der Waals surface area (Å²) in [5, 5.41) is 12.6. The predicted molar refractivity (Wildman–Crippen MR) is 77.7 cm³/mol. The zero-order valence-electron chi connectivity index (χ0n) is 11.8. The van der Waals surface area contributed by atoms with Crippen LogP contribution in [0.3, 0.4) is 0 Å². The number of carboxylic acids is 1. The Kier molecular flexibility index (Phi) is 3.91. The minimum Gasteiger partial charge on any atom is -0.475 e. The molecule has 24 heavy (non-hydrogen) atoms. The standard InChI is InChI=1S/C14H9F3N2O4S/c15-14(16,17)13(22)19-8-5-9(11-6(8)2-4-24-11)18-7-1-3-23-10(7)12(20)21/h1-4,8H,5H2,(H,19,22)(H,20,21). The Morgan fingerprint density at radius 2 is 2.12 bits per heavy atom. The number of amides is 1. The summed E-state index contributed by atoms with van der Waals surface area (Å²) in [5.41, 5.74) is 0.993. The number of hydrogen-bond acceptors (Lipinski definition) is 5. The average molecular weight is 358 g/mol. The SMILES string of the molecule is O=C(O)c1occc1N=C1CC(NC(=O)C(F)(F)F)c2ccsc21. The van der Waals surface area contributed by atoms with E-state index in [2.05, 4.69) is 4.99 Å². The van der Waals surface area contributed by atoms with Crippen molar-refractivity contribution in [2.45, 2.75) is 18.6 Å². The molecule has 6 nitrogen and oxygen atoms in total. The van der Waals surface area contributed by atoms with Crippen molar-refractivity contribution < 1.29 is 32.3 Å². The highest BCUT2D eigenvalue weighted by atomic mass is 32.1. The summed E-state index contributed by atoms with van der Waals surface area (Å²) in [7, 11) is 0. The summed E-state index contributed by atoms with van der Waals surface area (Å²) in [6, 6.07) is 2.10. The van der Waals surface area contributed by atoms with Crippen molar-refractivity contribution in [2.75, 3.05) is 0 Å². The van der Waals surface area contributed by atoms with Crippen LogP contribution < -0.4 is 5.32 Å². The second-order valence-electron chi connectivity index (χ2n) is 4.93. The Morgan fingerprint density at radius 3 is 2.79 bits per heavy atom. The zero-order chi connectivity index (χ0) is 17.5. The Hall–Kier alpha value is -2.62. The molecule has 1 unspecified atom stereocenters. The minimum atomic E-state index is -4.98. The van der Waals surface area contributed by atoms with Crippen molar-refractivity contribution in [3.8, 4) is 0 Å². The van der Waals surface area contributed by atoms with Gasteiger partial charge in [0.2, 0.25) is 5.76 Å². The van der Waals surface area contributed by atoms with Gasteiger partial charge in [-0.3, -0.25) is 4.79 Å². The normalized spacial score (nSPS) is 18.6. The van der Waals surface area contributed by atoms with Crippen molar-refractivity contribution in [3.05, 3.63) is 40.0 Å². The highest BCUT2D eigenvalue weighted by Gasteiger charge is 2.42. The largest absolute Gasteiger partial charge is 0.475 e. The van der Waals surface area contributed by atoms with E-state index >= 15 is 0 Å². The third kappa shape index (κ3) is 2.92. The number of carbonyl (C=O) groups excluding carboxylic acids is 1. The molecule has 2 aromatic heterocycles. The zero-order valence-corrected chi connectivity index (χ0v) is 12.6. The summed E-state index contributed by atoms with van der Waals surface area (Å²) in [6.07, 6.45) is -3.78. The number of nitrogens with zero attached hydrogens (tertiary/aromatic N) is 1. The van der Waals surface area contributed by atoms with Crippen LogP contribution in [-0.4, -0.2) is 28.9 Å². The number of nitrogens with one attached hydrogen (secondary N) is 1. The molecule has 0 saturated heterocycles. The van der Waals surface area contributed by atoms with Crippen LogP contribution in [0.15, 0.2) is 33.2 Å². The first kappa shape index (κ1) is 16.2. The number of carbonyl (C=O) groups is 2. The van der Waals surface area contributed by atoms with Crippen LogP contribution in [0.5, 0.6) is 0 Å². The highest BCUT2D eigenvalue weighted by Crippen LogP contribution is 2.37. The predicted octanol–water partition coefficient (Wildman–Crippen LogP) is 3.28. The van der Waals surface area contributed by atoms with Gasteiger partial charge < -0.3 is 14.8 Å². The summed E-state index contributed by atoms with van der Waals surface area (Å²) < 4.78 is 42.1. The fourth-order valence-corrected chi connectivity index (χ4v) is 3.35. The van der Waals surface area contributed by atoms with Gasteiger partial charge in [-0.1, -0.05) is 0 Å². The number of halogens is 3. The van der Waals surface area contributed by atoms with Crippen LogP contribution in [0.1, 0.15) is 33.5 Å². The topological polar surface area (TPSA) is 91.9 Å². The lowest BCUT2D eigenvalue weighted by Crippen LogP contribution is -2.38. The van der Waals surface area contributed by atoms with E-state index in [1.165, 1.54) is 17.4 Å². The van der Waals surface area contributed by atoms with E-state index in [0.717, 1.165) is 6.26 Å². The first-order chi connectivity index (χ1) is 11.3. The molecule has 0 bridgehead atoms. The molecule has 0 aromatic carbocycles. The lowest BCUT2D eigenvalue weighted by molar-refractivity contribution is -0.174. The van der Waals surface area contributed by atoms with E-state index in [4.69, 9.17) is 9.52 Å². The maximum absolute atomic E-state index is 12.4. The van der Waals surface area contributed by atoms with Gasteiger partial charge in [-0.25, -0.2) is 9.79 Å². The monoisotopic (exact) mass is 358 g/mol. The number of alkyl halides is 3. The van der Waals surface area contributed by atoms with Crippen LogP contribution in [0, 0.1) is 0 Å². The van der Waals surface area contributed by atoms with E-state index in [1.807, 2.05) is 5.32 Å². The number of rotatable bonds is 3. The van der Waals surface area contributed by atoms with Crippen LogP contribution in [0.4, 0.5) is 18.9 Å². The van der Waals surface area contributed by atoms with Crippen molar-refractivity contribution in [1.82, 2.24) is 5.32 Å². The molecule has 3 rings (SSSR count). The first-order valence-corrected chi connectivity index (χ1v) is 7.49. The maximum atomic E-state index is 12.4. The van der Waals surface area contributed by atoms with Crippen molar-refractivity contribution in [2.24, 2.45) is 4.99 Å². The number of thiophene rings is 1. The molecule has 1 aliphatic carbocycles. The van der Waals surface area contributed by atoms with Crippen LogP contribution in [0.25, 0.3) is 0 Å². The molecule has 2 heterocycles. The van der Waals surface area contributed by atoms with Crippen LogP contribution in [0.2, 0.25) is 0 Å². The fourth-order valence-electron chi connectivity index (χ4n) is 2.39. The Morgan fingerprint density at radius 1 is 1.38 bits per heavy atom. The second kappa shape index (κ2) is 5.78. The third-order valence-corrected chi connectivity index (χ3v) is 4.37. The molecule has 1 atom stereocenters. The molecule has 0 fully saturated rings. The van der Waals surface area contributed by atoms with Gasteiger partial charge in [0.1, 0.15) is 5.69 Å². The van der Waals surface area contributed by atoms with Gasteiger partial charge in [0.25, 0.3) is 0 Å². The lowest BCUT2D eigenvalue weighted by Gasteiger charge is -2.14. The van der Waals surface area contributed by atoms with Crippen LogP contribution >= 0.6 is 11.3 Å². The summed E-state index contributed by atoms with van der Waals surface area (Å²) in [4.78, 5) is 27.0. The number of fused-ring (bicyclic) bond motifs is 1. The smallest absolute Gasteiger partial charge is 0.471 e. The summed E-state index contributed by atoms with van der Waals surface area (Å²) >= 11 is 1.25. The number of aromatic carboxylic acids is 1. The van der Waals surface area contributed by atoms with E-state index in [1.54, 1.807) is 11.4 Å². The Balaban J connectivity index is 1.90. The van der Waals surface area contributed by atoms with Crippen molar-refractivity contribution in [1.29, 1.82) is 0 Å². The number of aliphatic imine (C=N–C) groups is 1. The molecule has 0 radical (unpaired) electrons. The molecule has 2 aromatic rings.